The number of anilines is 1. The van der Waals surface area contributed by atoms with Crippen molar-refractivity contribution in [1.82, 2.24) is 9.97 Å². The first kappa shape index (κ1) is 21.5. The molecule has 0 radical (unpaired) electrons. The summed E-state index contributed by atoms with van der Waals surface area (Å²) in [5, 5.41) is 10.1. The number of hydrogen-bond acceptors (Lipinski definition) is 5. The Bertz CT molecular complexity index is 1430. The number of allylic oxidation sites excluding steroid dienone is 1. The van der Waals surface area contributed by atoms with E-state index in [1.54, 1.807) is 37.4 Å². The van der Waals surface area contributed by atoms with Gasteiger partial charge >= 0.3 is 0 Å². The van der Waals surface area contributed by atoms with Crippen molar-refractivity contribution in [2.24, 2.45) is 0 Å². The number of pyridine rings is 1. The summed E-state index contributed by atoms with van der Waals surface area (Å²) in [5.41, 5.74) is 4.99. The number of H-pyrrole nitrogens is 1. The molecule has 0 bridgehead atoms. The minimum Gasteiger partial charge on any atom is -0.497 e. The fourth-order valence-electron chi connectivity index (χ4n) is 3.63. The lowest BCUT2D eigenvalue weighted by Crippen LogP contribution is -2.27. The van der Waals surface area contributed by atoms with Crippen LogP contribution in [0.1, 0.15) is 12.5 Å². The molecule has 162 valence electrons. The van der Waals surface area contributed by atoms with E-state index in [0.717, 1.165) is 32.5 Å². The molecular weight excluding hydrogens is 416 g/mol. The highest BCUT2D eigenvalue weighted by atomic mass is 16.5. The van der Waals surface area contributed by atoms with Gasteiger partial charge in [-0.3, -0.25) is 9.59 Å². The van der Waals surface area contributed by atoms with Gasteiger partial charge in [0.05, 0.1) is 24.4 Å². The van der Waals surface area contributed by atoms with Crippen molar-refractivity contribution in [3.8, 4) is 34.1 Å². The number of hydrogen-bond donors (Lipinski definition) is 1. The Balaban J connectivity index is 1.84. The van der Waals surface area contributed by atoms with Crippen LogP contribution in [0.2, 0.25) is 0 Å². The van der Waals surface area contributed by atoms with Gasteiger partial charge in [-0.2, -0.15) is 5.26 Å². The van der Waals surface area contributed by atoms with E-state index < -0.39 is 5.91 Å². The number of carbonyl (C=O) groups excluding carboxylic acids is 2. The zero-order valence-electron chi connectivity index (χ0n) is 18.1. The summed E-state index contributed by atoms with van der Waals surface area (Å²) < 4.78 is 5.41. The maximum absolute atomic E-state index is 12.3. The average molecular weight is 436 g/mol. The molecule has 0 fully saturated rings. The third kappa shape index (κ3) is 4.23. The molecule has 2 amide bonds. The van der Waals surface area contributed by atoms with Crippen LogP contribution in [0.5, 0.6) is 5.75 Å². The van der Waals surface area contributed by atoms with Gasteiger partial charge in [0.15, 0.2) is 0 Å². The lowest BCUT2D eigenvalue weighted by Gasteiger charge is -2.16. The Morgan fingerprint density at radius 2 is 2.00 bits per heavy atom. The van der Waals surface area contributed by atoms with Crippen molar-refractivity contribution >= 4 is 29.0 Å². The smallest absolute Gasteiger partial charge is 0.257 e. The molecule has 0 spiro atoms. The molecule has 4 aromatic rings. The molecule has 2 heterocycles. The number of nitriles is 1. The van der Waals surface area contributed by atoms with E-state index in [-0.39, 0.29) is 0 Å². The third-order valence-corrected chi connectivity index (χ3v) is 5.22. The third-order valence-electron chi connectivity index (χ3n) is 5.22. The Hall–Kier alpha value is -4.70. The summed E-state index contributed by atoms with van der Waals surface area (Å²) >= 11 is 0. The molecule has 0 saturated carbocycles. The van der Waals surface area contributed by atoms with Crippen LogP contribution in [-0.2, 0) is 9.59 Å². The maximum Gasteiger partial charge on any atom is 0.257 e. The summed E-state index contributed by atoms with van der Waals surface area (Å²) in [7, 11) is 1.52. The van der Waals surface area contributed by atoms with Gasteiger partial charge in [-0.05, 0) is 54.5 Å². The van der Waals surface area contributed by atoms with E-state index in [4.69, 9.17) is 4.74 Å². The standard InChI is InChI=1S/C26H20N4O3/c1-3-5-25(32)30(16-31)21-9-19(10-22(12-21)33-2)20-11-23-24(15-29-26(23)28-14-20)18-7-4-6-17(8-18)13-27/h3-12,14-16H,1-2H3,(H,28,29). The van der Waals surface area contributed by atoms with Gasteiger partial charge in [0.25, 0.3) is 5.91 Å². The second kappa shape index (κ2) is 9.20. The molecule has 7 heteroatoms. The number of carbonyl (C=O) groups is 2. The summed E-state index contributed by atoms with van der Waals surface area (Å²) in [6, 6.07) is 16.7. The van der Waals surface area contributed by atoms with E-state index in [1.807, 2.05) is 36.5 Å². The molecule has 0 aliphatic carbocycles. The van der Waals surface area contributed by atoms with Crippen molar-refractivity contribution in [2.45, 2.75) is 6.92 Å². The van der Waals surface area contributed by atoms with E-state index in [2.05, 4.69) is 16.0 Å². The number of rotatable bonds is 6. The Morgan fingerprint density at radius 3 is 2.73 bits per heavy atom. The summed E-state index contributed by atoms with van der Waals surface area (Å²) in [6.07, 6.45) is 6.95. The first-order valence-corrected chi connectivity index (χ1v) is 10.2. The Kier molecular flexibility index (Phi) is 6.00. The number of amides is 2. The summed E-state index contributed by atoms with van der Waals surface area (Å²) in [6.45, 7) is 1.71. The second-order valence-electron chi connectivity index (χ2n) is 7.25. The highest BCUT2D eigenvalue weighted by molar-refractivity contribution is 6.12. The van der Waals surface area contributed by atoms with Crippen LogP contribution in [0.25, 0.3) is 33.3 Å². The summed E-state index contributed by atoms with van der Waals surface area (Å²) in [4.78, 5) is 32.7. The molecule has 2 aromatic carbocycles. The van der Waals surface area contributed by atoms with Crippen LogP contribution >= 0.6 is 0 Å². The van der Waals surface area contributed by atoms with Crippen molar-refractivity contribution < 1.29 is 14.3 Å². The molecular formula is C26H20N4O3. The lowest BCUT2D eigenvalue weighted by atomic mass is 10.0. The van der Waals surface area contributed by atoms with Crippen molar-refractivity contribution in [2.75, 3.05) is 12.0 Å². The van der Waals surface area contributed by atoms with E-state index >= 15 is 0 Å². The first-order valence-electron chi connectivity index (χ1n) is 10.2. The Labute approximate surface area is 190 Å². The number of nitrogens with one attached hydrogen (secondary N) is 1. The van der Waals surface area contributed by atoms with Crippen molar-refractivity contribution in [3.05, 3.63) is 78.6 Å². The van der Waals surface area contributed by atoms with Gasteiger partial charge in [0, 0.05) is 35.0 Å². The highest BCUT2D eigenvalue weighted by Crippen LogP contribution is 2.34. The SMILES string of the molecule is CC=CC(=O)N(C=O)c1cc(OC)cc(-c2cnc3[nH]cc(-c4cccc(C#N)c4)c3c2)c1. The number of ether oxygens (including phenoxy) is 1. The maximum atomic E-state index is 12.3. The van der Waals surface area contributed by atoms with Crippen LogP contribution in [-0.4, -0.2) is 29.4 Å². The van der Waals surface area contributed by atoms with Crippen molar-refractivity contribution in [1.29, 1.82) is 5.26 Å². The Morgan fingerprint density at radius 1 is 1.15 bits per heavy atom. The van der Waals surface area contributed by atoms with Crippen LogP contribution in [0.15, 0.2) is 73.1 Å². The number of imide groups is 1. The average Bonchev–Trinajstić information content (AvgIpc) is 3.28. The summed E-state index contributed by atoms with van der Waals surface area (Å²) in [5.74, 6) is 0.0457. The molecule has 1 N–H and O–H groups in total. The van der Waals surface area contributed by atoms with Crippen LogP contribution in [0.4, 0.5) is 5.69 Å². The highest BCUT2D eigenvalue weighted by Gasteiger charge is 2.16. The molecule has 0 aliphatic rings. The van der Waals surface area contributed by atoms with Crippen LogP contribution < -0.4 is 9.64 Å². The zero-order chi connectivity index (χ0) is 23.4. The predicted octanol–water partition coefficient (Wildman–Crippen LogP) is 4.84. The van der Waals surface area contributed by atoms with E-state index in [9.17, 15) is 14.9 Å². The molecule has 0 unspecified atom stereocenters. The lowest BCUT2D eigenvalue weighted by molar-refractivity contribution is -0.118. The molecule has 0 saturated heterocycles. The number of aromatic nitrogens is 2. The van der Waals surface area contributed by atoms with Crippen molar-refractivity contribution in [3.63, 3.8) is 0 Å². The van der Waals surface area contributed by atoms with Gasteiger partial charge in [0.2, 0.25) is 6.41 Å². The van der Waals surface area contributed by atoms with Gasteiger partial charge < -0.3 is 9.72 Å². The number of methoxy groups -OCH3 is 1. The molecule has 2 aromatic heterocycles. The van der Waals surface area contributed by atoms with Gasteiger partial charge in [-0.25, -0.2) is 9.88 Å². The predicted molar refractivity (Wildman–Crippen MR) is 127 cm³/mol. The number of fused-ring (bicyclic) bond motifs is 1. The van der Waals surface area contributed by atoms with E-state index in [0.29, 0.717) is 29.1 Å². The number of benzene rings is 2. The monoisotopic (exact) mass is 436 g/mol. The van der Waals surface area contributed by atoms with Gasteiger partial charge in [0.1, 0.15) is 11.4 Å². The molecule has 33 heavy (non-hydrogen) atoms. The van der Waals surface area contributed by atoms with E-state index in [1.165, 1.54) is 13.2 Å². The quantitative estimate of drug-likeness (QED) is 0.344. The fraction of sp³-hybridized carbons (Fsp3) is 0.0769. The van der Waals surface area contributed by atoms with Gasteiger partial charge in [-0.15, -0.1) is 0 Å². The molecule has 0 atom stereocenters. The fourth-order valence-corrected chi connectivity index (χ4v) is 3.63. The van der Waals surface area contributed by atoms with Gasteiger partial charge in [-0.1, -0.05) is 18.2 Å². The molecule has 4 rings (SSSR count). The number of nitrogens with zero attached hydrogens (tertiary/aromatic N) is 3. The van der Waals surface area contributed by atoms with Crippen LogP contribution in [0.3, 0.4) is 0 Å². The number of aromatic amines is 1. The van der Waals surface area contributed by atoms with Crippen LogP contribution in [0, 0.1) is 11.3 Å². The zero-order valence-corrected chi connectivity index (χ0v) is 18.1. The largest absolute Gasteiger partial charge is 0.497 e. The topological polar surface area (TPSA) is 99.1 Å². The normalized spacial score (nSPS) is 10.8. The minimum atomic E-state index is -0.453. The first-order chi connectivity index (χ1) is 16.1. The molecule has 0 aliphatic heterocycles. The second-order valence-corrected chi connectivity index (χ2v) is 7.25. The molecule has 7 nitrogen and oxygen atoms in total. The minimum absolute atomic E-state index is 0.388.